The van der Waals surface area contributed by atoms with Gasteiger partial charge in [-0.25, -0.2) is 12.7 Å². The number of fused-ring (bicyclic) bond motifs is 1. The predicted molar refractivity (Wildman–Crippen MR) is 101 cm³/mol. The molecule has 0 radical (unpaired) electrons. The van der Waals surface area contributed by atoms with E-state index >= 15 is 0 Å². The Kier molecular flexibility index (Phi) is 5.06. The molecule has 1 aromatic heterocycles. The van der Waals surface area contributed by atoms with Crippen molar-refractivity contribution in [2.24, 2.45) is 0 Å². The fourth-order valence-corrected chi connectivity index (χ4v) is 3.38. The molecule has 3 aromatic rings. The van der Waals surface area contributed by atoms with Crippen LogP contribution in [0.4, 0.5) is 5.69 Å². The highest BCUT2D eigenvalue weighted by Crippen LogP contribution is 2.29. The van der Waals surface area contributed by atoms with E-state index in [2.05, 4.69) is 15.3 Å². The van der Waals surface area contributed by atoms with Crippen LogP contribution in [0.3, 0.4) is 0 Å². The Balaban J connectivity index is 1.96. The molecule has 27 heavy (non-hydrogen) atoms. The van der Waals surface area contributed by atoms with Gasteiger partial charge in [0.25, 0.3) is 5.91 Å². The van der Waals surface area contributed by atoms with Gasteiger partial charge in [0.2, 0.25) is 10.0 Å². The lowest BCUT2D eigenvalue weighted by Crippen LogP contribution is -2.22. The summed E-state index contributed by atoms with van der Waals surface area (Å²) in [6, 6.07) is 9.23. The van der Waals surface area contributed by atoms with Crippen molar-refractivity contribution in [3.05, 3.63) is 54.4 Å². The summed E-state index contributed by atoms with van der Waals surface area (Å²) < 4.78 is 31.0. The molecule has 0 aliphatic carbocycles. The zero-order chi connectivity index (χ0) is 19.6. The Labute approximate surface area is 156 Å². The summed E-state index contributed by atoms with van der Waals surface area (Å²) in [7, 11) is 0.673. The maximum atomic E-state index is 12.6. The molecule has 0 spiro atoms. The number of carbonyl (C=O) groups is 1. The lowest BCUT2D eigenvalue weighted by molar-refractivity contribution is 0.102. The van der Waals surface area contributed by atoms with Gasteiger partial charge >= 0.3 is 0 Å². The summed E-state index contributed by atoms with van der Waals surface area (Å²) in [4.78, 5) is 21.0. The van der Waals surface area contributed by atoms with Crippen LogP contribution in [-0.4, -0.2) is 49.8 Å². The van der Waals surface area contributed by atoms with E-state index in [1.165, 1.54) is 39.4 Å². The molecule has 1 N–H and O–H groups in total. The molecular weight excluding hydrogens is 368 g/mol. The Morgan fingerprint density at radius 1 is 1.04 bits per heavy atom. The van der Waals surface area contributed by atoms with Gasteiger partial charge in [-0.2, -0.15) is 0 Å². The van der Waals surface area contributed by atoms with Crippen molar-refractivity contribution < 1.29 is 17.9 Å². The molecule has 3 rings (SSSR count). The van der Waals surface area contributed by atoms with Crippen LogP contribution in [-0.2, 0) is 10.0 Å². The van der Waals surface area contributed by atoms with Gasteiger partial charge in [0.05, 0.1) is 28.7 Å². The monoisotopic (exact) mass is 386 g/mol. The first-order chi connectivity index (χ1) is 12.8. The number of nitrogens with zero attached hydrogens (tertiary/aromatic N) is 3. The van der Waals surface area contributed by atoms with Crippen LogP contribution < -0.4 is 10.1 Å². The molecule has 0 aliphatic heterocycles. The summed E-state index contributed by atoms with van der Waals surface area (Å²) in [5, 5.41) is 2.70. The zero-order valence-electron chi connectivity index (χ0n) is 15.0. The van der Waals surface area contributed by atoms with Gasteiger partial charge in [-0.3, -0.25) is 14.8 Å². The van der Waals surface area contributed by atoms with Crippen molar-refractivity contribution in [2.45, 2.75) is 4.90 Å². The SMILES string of the molecule is COc1ccc(S(=O)(=O)N(C)C)cc1NC(=O)c1ccc2nccnc2c1. The normalized spacial score (nSPS) is 11.6. The first-order valence-electron chi connectivity index (χ1n) is 7.95. The number of carbonyl (C=O) groups excluding carboxylic acids is 1. The third kappa shape index (κ3) is 3.74. The Bertz CT molecular complexity index is 1110. The van der Waals surface area contributed by atoms with E-state index < -0.39 is 15.9 Å². The standard InChI is InChI=1S/C18H18N4O4S/c1-22(2)27(24,25)13-5-7-17(26-3)16(11-13)21-18(23)12-4-6-14-15(10-12)20-9-8-19-14/h4-11H,1-3H3,(H,21,23). The number of hydrogen-bond acceptors (Lipinski definition) is 6. The molecule has 2 aromatic carbocycles. The van der Waals surface area contributed by atoms with Crippen molar-refractivity contribution in [3.8, 4) is 5.75 Å². The number of hydrogen-bond donors (Lipinski definition) is 1. The summed E-state index contributed by atoms with van der Waals surface area (Å²) >= 11 is 0. The molecule has 0 saturated carbocycles. The minimum absolute atomic E-state index is 0.0491. The minimum Gasteiger partial charge on any atom is -0.495 e. The number of methoxy groups -OCH3 is 1. The second-order valence-electron chi connectivity index (χ2n) is 5.86. The number of sulfonamides is 1. The number of aromatic nitrogens is 2. The van der Waals surface area contributed by atoms with Gasteiger partial charge in [0.1, 0.15) is 5.75 Å². The highest BCUT2D eigenvalue weighted by Gasteiger charge is 2.20. The van der Waals surface area contributed by atoms with E-state index in [1.54, 1.807) is 30.6 Å². The predicted octanol–water partition coefficient (Wildman–Crippen LogP) is 2.14. The number of amides is 1. The summed E-state index contributed by atoms with van der Waals surface area (Å²) in [5.74, 6) is -0.0677. The fraction of sp³-hybridized carbons (Fsp3) is 0.167. The number of rotatable bonds is 5. The first kappa shape index (κ1) is 18.7. The van der Waals surface area contributed by atoms with Crippen molar-refractivity contribution in [1.82, 2.24) is 14.3 Å². The molecule has 8 nitrogen and oxygen atoms in total. The van der Waals surface area contributed by atoms with Crippen LogP contribution in [0.15, 0.2) is 53.7 Å². The van der Waals surface area contributed by atoms with Crippen LogP contribution in [0.5, 0.6) is 5.75 Å². The van der Waals surface area contributed by atoms with Crippen LogP contribution >= 0.6 is 0 Å². The molecule has 0 saturated heterocycles. The van der Waals surface area contributed by atoms with Gasteiger partial charge in [-0.1, -0.05) is 0 Å². The van der Waals surface area contributed by atoms with Crippen molar-refractivity contribution in [2.75, 3.05) is 26.5 Å². The Morgan fingerprint density at radius 3 is 2.41 bits per heavy atom. The Hall–Kier alpha value is -3.04. The molecule has 0 unspecified atom stereocenters. The molecule has 0 aliphatic rings. The summed E-state index contributed by atoms with van der Waals surface area (Å²) in [6.45, 7) is 0. The van der Waals surface area contributed by atoms with E-state index in [-0.39, 0.29) is 10.6 Å². The van der Waals surface area contributed by atoms with Gasteiger partial charge in [0, 0.05) is 32.1 Å². The van der Waals surface area contributed by atoms with Gasteiger partial charge in [-0.05, 0) is 36.4 Å². The summed E-state index contributed by atoms with van der Waals surface area (Å²) in [6.07, 6.45) is 3.12. The highest BCUT2D eigenvalue weighted by atomic mass is 32.2. The fourth-order valence-electron chi connectivity index (χ4n) is 2.46. The second-order valence-corrected chi connectivity index (χ2v) is 8.02. The molecule has 1 heterocycles. The second kappa shape index (κ2) is 7.29. The quantitative estimate of drug-likeness (QED) is 0.721. The van der Waals surface area contributed by atoms with Crippen molar-refractivity contribution in [1.29, 1.82) is 0 Å². The van der Waals surface area contributed by atoms with Crippen LogP contribution in [0.25, 0.3) is 11.0 Å². The third-order valence-electron chi connectivity index (χ3n) is 3.93. The maximum absolute atomic E-state index is 12.6. The lowest BCUT2D eigenvalue weighted by atomic mass is 10.1. The molecular formula is C18H18N4O4S. The van der Waals surface area contributed by atoms with Crippen LogP contribution in [0.2, 0.25) is 0 Å². The van der Waals surface area contributed by atoms with Crippen LogP contribution in [0.1, 0.15) is 10.4 Å². The summed E-state index contributed by atoms with van der Waals surface area (Å²) in [5.41, 5.74) is 1.88. The first-order valence-corrected chi connectivity index (χ1v) is 9.39. The van der Waals surface area contributed by atoms with Gasteiger partial charge < -0.3 is 10.1 Å². The maximum Gasteiger partial charge on any atom is 0.255 e. The number of benzene rings is 2. The van der Waals surface area contributed by atoms with E-state index in [9.17, 15) is 13.2 Å². The molecule has 0 bridgehead atoms. The van der Waals surface area contributed by atoms with Gasteiger partial charge in [0.15, 0.2) is 0 Å². The highest BCUT2D eigenvalue weighted by molar-refractivity contribution is 7.89. The lowest BCUT2D eigenvalue weighted by Gasteiger charge is -2.15. The van der Waals surface area contributed by atoms with Crippen molar-refractivity contribution in [3.63, 3.8) is 0 Å². The molecule has 0 atom stereocenters. The smallest absolute Gasteiger partial charge is 0.255 e. The van der Waals surface area contributed by atoms with E-state index in [1.807, 2.05) is 0 Å². The molecule has 9 heteroatoms. The number of nitrogens with one attached hydrogen (secondary N) is 1. The molecule has 0 fully saturated rings. The minimum atomic E-state index is -3.65. The third-order valence-corrected chi connectivity index (χ3v) is 5.74. The Morgan fingerprint density at radius 2 is 1.74 bits per heavy atom. The average molecular weight is 386 g/mol. The van der Waals surface area contributed by atoms with Crippen molar-refractivity contribution >= 4 is 32.7 Å². The topological polar surface area (TPSA) is 101 Å². The average Bonchev–Trinajstić information content (AvgIpc) is 2.67. The van der Waals surface area contributed by atoms with Gasteiger partial charge in [-0.15, -0.1) is 0 Å². The number of ether oxygens (including phenoxy) is 1. The van der Waals surface area contributed by atoms with Crippen LogP contribution in [0, 0.1) is 0 Å². The largest absolute Gasteiger partial charge is 0.495 e. The van der Waals surface area contributed by atoms with E-state index in [4.69, 9.17) is 4.74 Å². The zero-order valence-corrected chi connectivity index (χ0v) is 15.8. The van der Waals surface area contributed by atoms with E-state index in [0.717, 1.165) is 4.31 Å². The number of anilines is 1. The molecule has 140 valence electrons. The molecule has 1 amide bonds. The van der Waals surface area contributed by atoms with E-state index in [0.29, 0.717) is 22.3 Å².